The summed E-state index contributed by atoms with van der Waals surface area (Å²) in [5.41, 5.74) is 0. The van der Waals surface area contributed by atoms with E-state index >= 15 is 0 Å². The molecule has 0 rings (SSSR count). The van der Waals surface area contributed by atoms with E-state index in [0.29, 0.717) is 0 Å². The molecule has 0 bridgehead atoms. The molecule has 344 valence electrons. The predicted molar refractivity (Wildman–Crippen MR) is 264 cm³/mol. The quantitative estimate of drug-likeness (QED) is 0.0554. The van der Waals surface area contributed by atoms with E-state index in [1.807, 2.05) is 0 Å². The lowest BCUT2D eigenvalue weighted by Crippen LogP contribution is -2.27. The number of hydrogen-bond acceptors (Lipinski definition) is 1. The summed E-state index contributed by atoms with van der Waals surface area (Å²) >= 11 is 0. The van der Waals surface area contributed by atoms with E-state index in [4.69, 9.17) is 0 Å². The molecule has 0 aromatic heterocycles. The van der Waals surface area contributed by atoms with E-state index in [-0.39, 0.29) is 0 Å². The van der Waals surface area contributed by atoms with Crippen LogP contribution in [0.1, 0.15) is 342 Å². The van der Waals surface area contributed by atoms with Gasteiger partial charge in [0.15, 0.2) is 0 Å². The standard InChI is InChI=1S/C56H115N/c1-4-7-10-13-16-19-22-25-28-31-32-35-38-41-44-47-50-53-56-57(54-51-48-45-42-39-36-33-29-26-23-20-17-14-11-8-5-2)55-52-49-46-43-40-37-34-30-27-24-21-18-15-12-9-6-3/h4-56H2,1-3H3. The van der Waals surface area contributed by atoms with E-state index in [9.17, 15) is 0 Å². The minimum atomic E-state index is 1.37. The molecule has 57 heavy (non-hydrogen) atoms. The molecule has 1 nitrogen and oxygen atoms in total. The second-order valence-electron chi connectivity index (χ2n) is 19.5. The van der Waals surface area contributed by atoms with Crippen molar-refractivity contribution >= 4 is 0 Å². The Hall–Kier alpha value is -0.0400. The van der Waals surface area contributed by atoms with Crippen LogP contribution in [0.25, 0.3) is 0 Å². The highest BCUT2D eigenvalue weighted by Crippen LogP contribution is 2.18. The molecule has 0 aliphatic rings. The number of hydrogen-bond donors (Lipinski definition) is 0. The summed E-state index contributed by atoms with van der Waals surface area (Å²) < 4.78 is 0. The van der Waals surface area contributed by atoms with Gasteiger partial charge in [-0.1, -0.05) is 323 Å². The lowest BCUT2D eigenvalue weighted by Gasteiger charge is -2.22. The molecule has 0 amide bonds. The Balaban J connectivity index is 3.95. The van der Waals surface area contributed by atoms with Gasteiger partial charge in [0.25, 0.3) is 0 Å². The molecular formula is C56H115N. The first-order valence-electron chi connectivity index (χ1n) is 28.1. The summed E-state index contributed by atoms with van der Waals surface area (Å²) in [6.45, 7) is 11.1. The molecule has 0 radical (unpaired) electrons. The molecule has 0 aliphatic heterocycles. The van der Waals surface area contributed by atoms with Gasteiger partial charge in [-0.15, -0.1) is 0 Å². The van der Waals surface area contributed by atoms with Crippen LogP contribution in [-0.2, 0) is 0 Å². The minimum absolute atomic E-state index is 1.37. The first-order chi connectivity index (χ1) is 28.3. The first kappa shape index (κ1) is 57.0. The molecule has 0 saturated carbocycles. The molecule has 0 fully saturated rings. The number of unbranched alkanes of at least 4 members (excludes halogenated alkanes) is 47. The number of nitrogens with zero attached hydrogens (tertiary/aromatic N) is 1. The molecule has 0 unspecified atom stereocenters. The normalized spacial score (nSPS) is 11.8. The highest BCUT2D eigenvalue weighted by atomic mass is 15.1. The molecule has 0 aromatic rings. The summed E-state index contributed by atoms with van der Waals surface area (Å²) in [5.74, 6) is 0. The van der Waals surface area contributed by atoms with Crippen molar-refractivity contribution in [2.24, 2.45) is 0 Å². The summed E-state index contributed by atoms with van der Waals surface area (Å²) in [6, 6.07) is 0. The molecular weight excluding hydrogens is 687 g/mol. The van der Waals surface area contributed by atoms with E-state index in [2.05, 4.69) is 25.7 Å². The topological polar surface area (TPSA) is 3.24 Å². The Kier molecular flexibility index (Phi) is 53.9. The Labute approximate surface area is 365 Å². The van der Waals surface area contributed by atoms with Crippen LogP contribution in [0.3, 0.4) is 0 Å². The largest absolute Gasteiger partial charge is 0.303 e. The van der Waals surface area contributed by atoms with Crippen LogP contribution >= 0.6 is 0 Å². The maximum Gasteiger partial charge on any atom is -0.00187 e. The SMILES string of the molecule is CCCCCCCCCCCCCCCCCCCCN(CCCCCCCCCCCCCCCCCC)CCCCCCCCCCCCCCCCCC. The third-order valence-corrected chi connectivity index (χ3v) is 13.5. The van der Waals surface area contributed by atoms with Crippen LogP contribution < -0.4 is 0 Å². The van der Waals surface area contributed by atoms with Crippen molar-refractivity contribution in [1.82, 2.24) is 4.90 Å². The molecule has 0 aliphatic carbocycles. The molecule has 0 atom stereocenters. The Morgan fingerprint density at radius 1 is 0.140 bits per heavy atom. The molecule has 1 heteroatoms. The lowest BCUT2D eigenvalue weighted by atomic mass is 10.0. The maximum atomic E-state index is 2.89. The zero-order valence-corrected chi connectivity index (χ0v) is 40.9. The fraction of sp³-hybridized carbons (Fsp3) is 1.00. The summed E-state index contributed by atoms with van der Waals surface area (Å²) in [7, 11) is 0. The van der Waals surface area contributed by atoms with Crippen LogP contribution in [0.4, 0.5) is 0 Å². The van der Waals surface area contributed by atoms with Gasteiger partial charge in [0.2, 0.25) is 0 Å². The molecule has 0 spiro atoms. The van der Waals surface area contributed by atoms with Gasteiger partial charge in [-0.25, -0.2) is 0 Å². The molecule has 0 N–H and O–H groups in total. The van der Waals surface area contributed by atoms with Crippen LogP contribution in [0.2, 0.25) is 0 Å². The first-order valence-corrected chi connectivity index (χ1v) is 28.1. The van der Waals surface area contributed by atoms with Crippen molar-refractivity contribution in [2.75, 3.05) is 19.6 Å². The van der Waals surface area contributed by atoms with Gasteiger partial charge in [-0.3, -0.25) is 0 Å². The Morgan fingerprint density at radius 2 is 0.246 bits per heavy atom. The average Bonchev–Trinajstić information content (AvgIpc) is 3.22. The van der Waals surface area contributed by atoms with Gasteiger partial charge < -0.3 is 4.90 Å². The van der Waals surface area contributed by atoms with Crippen molar-refractivity contribution in [2.45, 2.75) is 342 Å². The second kappa shape index (κ2) is 54.0. The van der Waals surface area contributed by atoms with Crippen LogP contribution in [0, 0.1) is 0 Å². The predicted octanol–water partition coefficient (Wildman–Crippen LogP) is 20.9. The highest BCUT2D eigenvalue weighted by molar-refractivity contribution is 4.61. The minimum Gasteiger partial charge on any atom is -0.303 e. The lowest BCUT2D eigenvalue weighted by molar-refractivity contribution is 0.254. The zero-order chi connectivity index (χ0) is 41.1. The van der Waals surface area contributed by atoms with E-state index in [1.165, 1.54) is 341 Å². The summed E-state index contributed by atoms with van der Waals surface area (Å²) in [5, 5.41) is 0. The van der Waals surface area contributed by atoms with Gasteiger partial charge in [0.1, 0.15) is 0 Å². The highest BCUT2D eigenvalue weighted by Gasteiger charge is 2.06. The maximum absolute atomic E-state index is 2.89. The fourth-order valence-corrected chi connectivity index (χ4v) is 9.34. The Bertz CT molecular complexity index is 622. The molecule has 0 heterocycles. The monoisotopic (exact) mass is 802 g/mol. The molecule has 0 saturated heterocycles. The Morgan fingerprint density at radius 3 is 0.368 bits per heavy atom. The van der Waals surface area contributed by atoms with Crippen molar-refractivity contribution in [1.29, 1.82) is 0 Å². The second-order valence-corrected chi connectivity index (χ2v) is 19.5. The molecule has 0 aromatic carbocycles. The summed E-state index contributed by atoms with van der Waals surface area (Å²) in [4.78, 5) is 2.89. The van der Waals surface area contributed by atoms with E-state index in [1.54, 1.807) is 0 Å². The van der Waals surface area contributed by atoms with Crippen molar-refractivity contribution in [3.05, 3.63) is 0 Å². The van der Waals surface area contributed by atoms with E-state index in [0.717, 1.165) is 0 Å². The zero-order valence-electron chi connectivity index (χ0n) is 40.9. The van der Waals surface area contributed by atoms with Crippen LogP contribution in [0.5, 0.6) is 0 Å². The smallest absolute Gasteiger partial charge is 0.00187 e. The van der Waals surface area contributed by atoms with Gasteiger partial charge in [-0.05, 0) is 38.9 Å². The summed E-state index contributed by atoms with van der Waals surface area (Å²) in [6.07, 6.45) is 73.5. The van der Waals surface area contributed by atoms with E-state index < -0.39 is 0 Å². The van der Waals surface area contributed by atoms with Gasteiger partial charge in [0.05, 0.1) is 0 Å². The third-order valence-electron chi connectivity index (χ3n) is 13.5. The average molecular weight is 803 g/mol. The van der Waals surface area contributed by atoms with Crippen LogP contribution in [0.15, 0.2) is 0 Å². The van der Waals surface area contributed by atoms with Crippen LogP contribution in [-0.4, -0.2) is 24.5 Å². The van der Waals surface area contributed by atoms with Crippen molar-refractivity contribution < 1.29 is 0 Å². The van der Waals surface area contributed by atoms with Crippen molar-refractivity contribution in [3.8, 4) is 0 Å². The number of rotatable bonds is 53. The van der Waals surface area contributed by atoms with Gasteiger partial charge >= 0.3 is 0 Å². The van der Waals surface area contributed by atoms with Gasteiger partial charge in [0, 0.05) is 0 Å². The van der Waals surface area contributed by atoms with Crippen molar-refractivity contribution in [3.63, 3.8) is 0 Å². The third kappa shape index (κ3) is 52.0. The van der Waals surface area contributed by atoms with Gasteiger partial charge in [-0.2, -0.15) is 0 Å². The fourth-order valence-electron chi connectivity index (χ4n) is 9.34.